The van der Waals surface area contributed by atoms with Gasteiger partial charge in [-0.2, -0.15) is 0 Å². The Morgan fingerprint density at radius 3 is 2.52 bits per heavy atom. The molecule has 0 amide bonds. The minimum Gasteiger partial charge on any atom is -0.454 e. The van der Waals surface area contributed by atoms with Crippen LogP contribution in [-0.4, -0.2) is 26.4 Å². The van der Waals surface area contributed by atoms with E-state index in [1.807, 2.05) is 25.2 Å². The van der Waals surface area contributed by atoms with E-state index in [0.717, 1.165) is 56.1 Å². The van der Waals surface area contributed by atoms with Crippen LogP contribution in [0.5, 0.6) is 23.0 Å². The van der Waals surface area contributed by atoms with Crippen LogP contribution in [0.15, 0.2) is 36.4 Å². The highest BCUT2D eigenvalue weighted by Crippen LogP contribution is 2.55. The molecule has 1 atom stereocenters. The van der Waals surface area contributed by atoms with Gasteiger partial charge >= 0.3 is 0 Å². The molecule has 6 heteroatoms. The maximum atomic E-state index is 12.2. The smallest absolute Gasteiger partial charge is 0.231 e. The van der Waals surface area contributed by atoms with E-state index >= 15 is 0 Å². The average molecular weight is 389 g/mol. The van der Waals surface area contributed by atoms with Crippen LogP contribution in [0.4, 0.5) is 5.69 Å². The zero-order chi connectivity index (χ0) is 19.7. The summed E-state index contributed by atoms with van der Waals surface area (Å²) in [5.41, 5.74) is 4.28. The predicted molar refractivity (Wildman–Crippen MR) is 108 cm³/mol. The van der Waals surface area contributed by atoms with Crippen molar-refractivity contribution < 1.29 is 23.7 Å². The lowest BCUT2D eigenvalue weighted by Crippen LogP contribution is -2.30. The molecule has 0 bridgehead atoms. The number of hydrogen-bond donors (Lipinski definition) is 0. The number of ether oxygens (including phenoxy) is 4. The molecule has 0 aromatic heterocycles. The number of carbonyl (C=O) groups excluding carboxylic acids is 1. The summed E-state index contributed by atoms with van der Waals surface area (Å²) in [6, 6.07) is 12.2. The molecule has 6 rings (SSSR count). The second-order valence-corrected chi connectivity index (χ2v) is 7.68. The van der Waals surface area contributed by atoms with Crippen LogP contribution in [0, 0.1) is 0 Å². The molecule has 0 N–H and O–H groups in total. The molecule has 0 radical (unpaired) electrons. The molecule has 0 saturated carbocycles. The zero-order valence-electron chi connectivity index (χ0n) is 16.2. The van der Waals surface area contributed by atoms with Crippen LogP contribution in [0.2, 0.25) is 0 Å². The molecule has 3 aromatic carbocycles. The summed E-state index contributed by atoms with van der Waals surface area (Å²) < 4.78 is 22.6. The van der Waals surface area contributed by atoms with Crippen LogP contribution < -0.4 is 23.8 Å². The molecule has 6 nitrogen and oxygen atoms in total. The lowest BCUT2D eigenvalue weighted by molar-refractivity contribution is -0.117. The van der Waals surface area contributed by atoms with Crippen molar-refractivity contribution in [3.05, 3.63) is 42.0 Å². The second kappa shape index (κ2) is 5.80. The SMILES string of the molecule is CC(=O)C[C@H]1c2c(ccc3c2OCO3)-c2ccc3cc4c(cc3c2N1C)OCO4. The van der Waals surface area contributed by atoms with Crippen molar-refractivity contribution in [3.8, 4) is 34.1 Å². The number of fused-ring (bicyclic) bond motifs is 8. The predicted octanol–water partition coefficient (Wildman–Crippen LogP) is 4.43. The first-order valence-corrected chi connectivity index (χ1v) is 9.63. The van der Waals surface area contributed by atoms with E-state index in [1.165, 1.54) is 0 Å². The summed E-state index contributed by atoms with van der Waals surface area (Å²) in [5, 5.41) is 2.15. The molecular weight excluding hydrogens is 370 g/mol. The highest BCUT2D eigenvalue weighted by molar-refractivity contribution is 6.06. The van der Waals surface area contributed by atoms with Gasteiger partial charge in [0.05, 0.1) is 11.7 Å². The van der Waals surface area contributed by atoms with Gasteiger partial charge < -0.3 is 23.8 Å². The summed E-state index contributed by atoms with van der Waals surface area (Å²) in [7, 11) is 2.04. The Balaban J connectivity index is 1.66. The third-order valence-corrected chi connectivity index (χ3v) is 5.99. The number of ketones is 1. The molecule has 146 valence electrons. The van der Waals surface area contributed by atoms with Gasteiger partial charge in [0.15, 0.2) is 23.0 Å². The maximum Gasteiger partial charge on any atom is 0.231 e. The molecule has 29 heavy (non-hydrogen) atoms. The number of nitrogens with zero attached hydrogens (tertiary/aromatic N) is 1. The molecule has 3 aliphatic heterocycles. The number of carbonyl (C=O) groups is 1. The molecule has 0 unspecified atom stereocenters. The summed E-state index contributed by atoms with van der Waals surface area (Å²) in [6.45, 7) is 2.07. The van der Waals surface area contributed by atoms with Gasteiger partial charge in [-0.1, -0.05) is 12.1 Å². The largest absolute Gasteiger partial charge is 0.454 e. The monoisotopic (exact) mass is 389 g/mol. The van der Waals surface area contributed by atoms with Gasteiger partial charge in [0.25, 0.3) is 0 Å². The van der Waals surface area contributed by atoms with Crippen LogP contribution >= 0.6 is 0 Å². The van der Waals surface area contributed by atoms with Gasteiger partial charge in [-0.15, -0.1) is 0 Å². The minimum absolute atomic E-state index is 0.130. The number of hydrogen-bond acceptors (Lipinski definition) is 6. The van der Waals surface area contributed by atoms with Gasteiger partial charge in [0, 0.05) is 30.0 Å². The van der Waals surface area contributed by atoms with Gasteiger partial charge in [0.2, 0.25) is 13.6 Å². The van der Waals surface area contributed by atoms with Crippen molar-refractivity contribution in [1.29, 1.82) is 0 Å². The van der Waals surface area contributed by atoms with Crippen LogP contribution in [0.3, 0.4) is 0 Å². The molecule has 3 aliphatic rings. The van der Waals surface area contributed by atoms with Crippen LogP contribution in [-0.2, 0) is 4.79 Å². The van der Waals surface area contributed by atoms with E-state index in [-0.39, 0.29) is 25.4 Å². The summed E-state index contributed by atoms with van der Waals surface area (Å²) in [6.07, 6.45) is 0.393. The van der Waals surface area contributed by atoms with Gasteiger partial charge in [-0.05, 0) is 42.1 Å². The summed E-state index contributed by atoms with van der Waals surface area (Å²) in [5.74, 6) is 3.12. The number of Topliss-reactive ketones (excluding diaryl/α,β-unsaturated/α-hetero) is 1. The Bertz CT molecular complexity index is 1200. The topological polar surface area (TPSA) is 57.2 Å². The third kappa shape index (κ3) is 2.26. The van der Waals surface area contributed by atoms with Crippen molar-refractivity contribution in [2.75, 3.05) is 25.5 Å². The molecule has 3 heterocycles. The van der Waals surface area contributed by atoms with E-state index in [9.17, 15) is 4.79 Å². The van der Waals surface area contributed by atoms with Gasteiger partial charge in [-0.3, -0.25) is 4.79 Å². The van der Waals surface area contributed by atoms with Crippen LogP contribution in [0.1, 0.15) is 24.9 Å². The van der Waals surface area contributed by atoms with Gasteiger partial charge in [-0.25, -0.2) is 0 Å². The first-order valence-electron chi connectivity index (χ1n) is 9.63. The van der Waals surface area contributed by atoms with Crippen molar-refractivity contribution in [3.63, 3.8) is 0 Å². The Labute approximate surface area is 167 Å². The molecule has 0 aliphatic carbocycles. The molecule has 0 saturated heterocycles. The number of rotatable bonds is 2. The Morgan fingerprint density at radius 2 is 1.69 bits per heavy atom. The summed E-state index contributed by atoms with van der Waals surface area (Å²) in [4.78, 5) is 14.3. The standard InChI is InChI=1S/C23H19NO5/c1-12(25)7-17-21-14(5-6-18-23(21)29-11-26-18)15-4-3-13-8-19-20(28-10-27-19)9-16(13)22(15)24(17)2/h3-6,8-9,17H,7,10-11H2,1-2H3/t17-/m0/s1. The van der Waals surface area contributed by atoms with E-state index in [2.05, 4.69) is 23.1 Å². The Kier molecular flexibility index (Phi) is 3.30. The number of anilines is 1. The highest BCUT2D eigenvalue weighted by atomic mass is 16.7. The third-order valence-electron chi connectivity index (χ3n) is 5.99. The van der Waals surface area contributed by atoms with E-state index in [4.69, 9.17) is 18.9 Å². The molecule has 0 spiro atoms. The van der Waals surface area contributed by atoms with Crippen molar-refractivity contribution in [2.45, 2.75) is 19.4 Å². The van der Waals surface area contributed by atoms with E-state index in [0.29, 0.717) is 6.42 Å². The molecular formula is C23H19NO5. The quantitative estimate of drug-likeness (QED) is 0.646. The van der Waals surface area contributed by atoms with Crippen molar-refractivity contribution in [1.82, 2.24) is 0 Å². The lowest BCUT2D eigenvalue weighted by Gasteiger charge is -2.38. The van der Waals surface area contributed by atoms with Crippen molar-refractivity contribution in [2.24, 2.45) is 0 Å². The fourth-order valence-corrected chi connectivity index (χ4v) is 4.72. The van der Waals surface area contributed by atoms with Crippen molar-refractivity contribution >= 4 is 22.2 Å². The Morgan fingerprint density at radius 1 is 0.966 bits per heavy atom. The number of benzene rings is 3. The first kappa shape index (κ1) is 16.5. The first-order chi connectivity index (χ1) is 14.1. The van der Waals surface area contributed by atoms with E-state index < -0.39 is 0 Å². The van der Waals surface area contributed by atoms with Crippen LogP contribution in [0.25, 0.3) is 21.9 Å². The Hall–Kier alpha value is -3.41. The van der Waals surface area contributed by atoms with E-state index in [1.54, 1.807) is 6.92 Å². The molecule has 0 fully saturated rings. The maximum absolute atomic E-state index is 12.2. The fraction of sp³-hybridized carbons (Fsp3) is 0.261. The normalized spacial score (nSPS) is 18.0. The second-order valence-electron chi connectivity index (χ2n) is 7.68. The minimum atomic E-state index is -0.136. The zero-order valence-corrected chi connectivity index (χ0v) is 16.2. The highest BCUT2D eigenvalue weighted by Gasteiger charge is 2.36. The van der Waals surface area contributed by atoms with Gasteiger partial charge in [0.1, 0.15) is 5.78 Å². The fourth-order valence-electron chi connectivity index (χ4n) is 4.72. The average Bonchev–Trinajstić information content (AvgIpc) is 3.36. The lowest BCUT2D eigenvalue weighted by atomic mass is 9.84. The molecule has 3 aromatic rings. The summed E-state index contributed by atoms with van der Waals surface area (Å²) >= 11 is 0.